The second-order valence-electron chi connectivity index (χ2n) is 6.64. The lowest BCUT2D eigenvalue weighted by atomic mass is 10.3. The minimum absolute atomic E-state index is 0.123. The van der Waals surface area contributed by atoms with Crippen LogP contribution in [0, 0.1) is 18.3 Å². The molecule has 0 saturated carbocycles. The van der Waals surface area contributed by atoms with Crippen molar-refractivity contribution in [1.82, 2.24) is 19.6 Å². The third-order valence-electron chi connectivity index (χ3n) is 4.55. The van der Waals surface area contributed by atoms with Gasteiger partial charge in [-0.2, -0.15) is 23.9 Å². The molecule has 0 aliphatic rings. The molecule has 0 aliphatic carbocycles. The highest BCUT2D eigenvalue weighted by molar-refractivity contribution is 7.85. The summed E-state index contributed by atoms with van der Waals surface area (Å²) in [6, 6.07) is 16.6. The molecule has 0 radical (unpaired) electrons. The van der Waals surface area contributed by atoms with Gasteiger partial charge in [0.1, 0.15) is 11.6 Å². The van der Waals surface area contributed by atoms with Gasteiger partial charge in [0.05, 0.1) is 28.2 Å². The van der Waals surface area contributed by atoms with E-state index in [1.165, 1.54) is 35.1 Å². The van der Waals surface area contributed by atoms with Crippen LogP contribution in [0.2, 0.25) is 0 Å². The number of hydrogen-bond donors (Lipinski definition) is 2. The lowest BCUT2D eigenvalue weighted by Crippen LogP contribution is -2.01. The number of nitriles is 1. The van der Waals surface area contributed by atoms with E-state index in [0.29, 0.717) is 17.1 Å². The van der Waals surface area contributed by atoms with Gasteiger partial charge in [-0.05, 0) is 43.3 Å². The molecular weight excluding hydrogens is 432 g/mol. The van der Waals surface area contributed by atoms with E-state index in [9.17, 15) is 13.7 Å². The Kier molecular flexibility index (Phi) is 5.27. The number of aromatic nitrogens is 4. The zero-order valence-corrected chi connectivity index (χ0v) is 17.5. The summed E-state index contributed by atoms with van der Waals surface area (Å²) < 4.78 is 34.5. The van der Waals surface area contributed by atoms with Gasteiger partial charge >= 0.3 is 0 Å². The first kappa shape index (κ1) is 20.9. The zero-order valence-electron chi connectivity index (χ0n) is 16.7. The fourth-order valence-corrected chi connectivity index (χ4v) is 3.47. The van der Waals surface area contributed by atoms with E-state index in [2.05, 4.69) is 20.4 Å². The first-order chi connectivity index (χ1) is 15.3. The molecule has 12 heteroatoms. The molecule has 0 spiro atoms. The van der Waals surface area contributed by atoms with Crippen LogP contribution >= 0.6 is 0 Å². The third-order valence-corrected chi connectivity index (χ3v) is 5.42. The van der Waals surface area contributed by atoms with Crippen LogP contribution < -0.4 is 5.73 Å². The summed E-state index contributed by atoms with van der Waals surface area (Å²) in [5.74, 6) is 0.401. The molecule has 0 bridgehead atoms. The van der Waals surface area contributed by atoms with E-state index < -0.39 is 10.1 Å². The number of rotatable bonds is 5. The SMILES string of the molecule is Cc1nn(-c2ccccc2)c(N)c1/N=N/c1c(C#N)cnn1-c1ccc(S(=O)(=O)O)cc1. The standard InChI is InChI=1S/C20H16N8O3S/c1-13-18(19(22)27(26-13)15-5-3-2-4-6-15)24-25-20-14(11-21)12-23-28(20)16-7-9-17(10-8-16)32(29,30)31/h2-10,12H,22H2,1H3,(H,29,30,31)/b25-24+. The summed E-state index contributed by atoms with van der Waals surface area (Å²) >= 11 is 0. The zero-order chi connectivity index (χ0) is 22.9. The lowest BCUT2D eigenvalue weighted by molar-refractivity contribution is 0.483. The number of para-hydroxylation sites is 1. The molecule has 0 fully saturated rings. The topological polar surface area (TPSA) is 165 Å². The fraction of sp³-hybridized carbons (Fsp3) is 0.0500. The van der Waals surface area contributed by atoms with E-state index in [4.69, 9.17) is 10.3 Å². The van der Waals surface area contributed by atoms with Gasteiger partial charge in [0, 0.05) is 0 Å². The number of azo groups is 1. The van der Waals surface area contributed by atoms with E-state index in [1.54, 1.807) is 11.6 Å². The number of nitrogens with two attached hydrogens (primary N) is 1. The first-order valence-electron chi connectivity index (χ1n) is 9.18. The summed E-state index contributed by atoms with van der Waals surface area (Å²) in [6.45, 7) is 1.74. The largest absolute Gasteiger partial charge is 0.382 e. The van der Waals surface area contributed by atoms with Crippen molar-refractivity contribution < 1.29 is 13.0 Å². The fourth-order valence-electron chi connectivity index (χ4n) is 2.99. The smallest absolute Gasteiger partial charge is 0.294 e. The van der Waals surface area contributed by atoms with Crippen molar-refractivity contribution in [3.8, 4) is 17.4 Å². The minimum atomic E-state index is -4.33. The summed E-state index contributed by atoms with van der Waals surface area (Å²) in [7, 11) is -4.33. The van der Waals surface area contributed by atoms with Crippen LogP contribution in [-0.4, -0.2) is 32.5 Å². The number of nitrogen functional groups attached to an aromatic ring is 1. The molecule has 0 amide bonds. The molecule has 2 aromatic carbocycles. The van der Waals surface area contributed by atoms with Crippen LogP contribution in [-0.2, 0) is 10.1 Å². The highest BCUT2D eigenvalue weighted by Crippen LogP contribution is 2.32. The van der Waals surface area contributed by atoms with Gasteiger partial charge in [0.15, 0.2) is 17.3 Å². The van der Waals surface area contributed by atoms with Crippen molar-refractivity contribution >= 4 is 27.4 Å². The average molecular weight is 448 g/mol. The van der Waals surface area contributed by atoms with Crippen molar-refractivity contribution in [3.63, 3.8) is 0 Å². The Balaban J connectivity index is 1.74. The second kappa shape index (κ2) is 8.06. The highest BCUT2D eigenvalue weighted by atomic mass is 32.2. The van der Waals surface area contributed by atoms with Crippen LogP contribution in [0.4, 0.5) is 17.3 Å². The van der Waals surface area contributed by atoms with E-state index in [0.717, 1.165) is 5.69 Å². The molecule has 3 N–H and O–H groups in total. The molecule has 0 aliphatic heterocycles. The van der Waals surface area contributed by atoms with Gasteiger partial charge < -0.3 is 5.73 Å². The third kappa shape index (κ3) is 3.85. The van der Waals surface area contributed by atoms with Gasteiger partial charge in [-0.1, -0.05) is 18.2 Å². The van der Waals surface area contributed by atoms with Crippen LogP contribution in [0.3, 0.4) is 0 Å². The van der Waals surface area contributed by atoms with E-state index >= 15 is 0 Å². The molecule has 0 atom stereocenters. The predicted molar refractivity (Wildman–Crippen MR) is 115 cm³/mol. The molecule has 32 heavy (non-hydrogen) atoms. The number of anilines is 1. The van der Waals surface area contributed by atoms with Crippen molar-refractivity contribution in [2.24, 2.45) is 10.2 Å². The number of aryl methyl sites for hydroxylation is 1. The second-order valence-corrected chi connectivity index (χ2v) is 8.06. The maximum absolute atomic E-state index is 11.3. The van der Waals surface area contributed by atoms with Crippen LogP contribution in [0.5, 0.6) is 0 Å². The molecular formula is C20H16N8O3S. The van der Waals surface area contributed by atoms with Gasteiger partial charge in [-0.15, -0.1) is 10.2 Å². The molecule has 4 rings (SSSR count). The first-order valence-corrected chi connectivity index (χ1v) is 10.6. The Morgan fingerprint density at radius 2 is 1.69 bits per heavy atom. The quantitative estimate of drug-likeness (QED) is 0.348. The molecule has 4 aromatic rings. The van der Waals surface area contributed by atoms with Gasteiger partial charge in [0.2, 0.25) is 0 Å². The van der Waals surface area contributed by atoms with Crippen molar-refractivity contribution in [3.05, 3.63) is 72.1 Å². The minimum Gasteiger partial charge on any atom is -0.382 e. The van der Waals surface area contributed by atoms with Crippen molar-refractivity contribution in [2.45, 2.75) is 11.8 Å². The Morgan fingerprint density at radius 1 is 1.03 bits per heavy atom. The van der Waals surface area contributed by atoms with Crippen molar-refractivity contribution in [1.29, 1.82) is 5.26 Å². The normalized spacial score (nSPS) is 11.7. The molecule has 11 nitrogen and oxygen atoms in total. The molecule has 0 unspecified atom stereocenters. The van der Waals surface area contributed by atoms with Gasteiger partial charge in [0.25, 0.3) is 10.1 Å². The lowest BCUT2D eigenvalue weighted by Gasteiger charge is -2.05. The Labute approximate surface area is 182 Å². The summed E-state index contributed by atoms with van der Waals surface area (Å²) in [4.78, 5) is -0.270. The molecule has 0 saturated heterocycles. The number of benzene rings is 2. The van der Waals surface area contributed by atoms with Gasteiger partial charge in [-0.3, -0.25) is 4.55 Å². The van der Waals surface area contributed by atoms with Crippen LogP contribution in [0.15, 0.2) is 75.9 Å². The average Bonchev–Trinajstić information content (AvgIpc) is 3.32. The molecule has 2 heterocycles. The number of nitrogens with zero attached hydrogens (tertiary/aromatic N) is 7. The molecule has 160 valence electrons. The monoisotopic (exact) mass is 448 g/mol. The maximum Gasteiger partial charge on any atom is 0.294 e. The Hall–Kier alpha value is -4.34. The maximum atomic E-state index is 11.3. The Bertz CT molecular complexity index is 1460. The van der Waals surface area contributed by atoms with E-state index in [-0.39, 0.29) is 22.1 Å². The predicted octanol–water partition coefficient (Wildman–Crippen LogP) is 3.48. The van der Waals surface area contributed by atoms with E-state index in [1.807, 2.05) is 36.4 Å². The summed E-state index contributed by atoms with van der Waals surface area (Å²) in [5.41, 5.74) is 8.44. The van der Waals surface area contributed by atoms with Gasteiger partial charge in [-0.25, -0.2) is 9.36 Å². The number of hydrogen-bond acceptors (Lipinski definition) is 8. The Morgan fingerprint density at radius 3 is 2.31 bits per heavy atom. The van der Waals surface area contributed by atoms with Crippen molar-refractivity contribution in [2.75, 3.05) is 5.73 Å². The summed E-state index contributed by atoms with van der Waals surface area (Å²) in [5, 5.41) is 26.4. The summed E-state index contributed by atoms with van der Waals surface area (Å²) in [6.07, 6.45) is 1.31. The highest BCUT2D eigenvalue weighted by Gasteiger charge is 2.17. The molecule has 2 aromatic heterocycles. The van der Waals surface area contributed by atoms with Crippen LogP contribution in [0.1, 0.15) is 11.3 Å². The van der Waals surface area contributed by atoms with Crippen LogP contribution in [0.25, 0.3) is 11.4 Å².